The second-order valence-corrected chi connectivity index (χ2v) is 7.10. The van der Waals surface area contributed by atoms with Crippen molar-refractivity contribution in [2.45, 2.75) is 13.3 Å². The highest BCUT2D eigenvalue weighted by molar-refractivity contribution is 9.10. The molecule has 2 amide bonds. The van der Waals surface area contributed by atoms with Crippen LogP contribution in [0.3, 0.4) is 0 Å². The molecule has 1 aromatic carbocycles. The van der Waals surface area contributed by atoms with Gasteiger partial charge in [-0.15, -0.1) is 0 Å². The van der Waals surface area contributed by atoms with Gasteiger partial charge in [-0.3, -0.25) is 9.59 Å². The van der Waals surface area contributed by atoms with Crippen molar-refractivity contribution in [3.05, 3.63) is 46.0 Å². The number of hydrogen-bond donors (Lipinski definition) is 0. The number of amides is 2. The van der Waals surface area contributed by atoms with E-state index in [1.165, 1.54) is 0 Å². The lowest BCUT2D eigenvalue weighted by Gasteiger charge is -2.13. The Hall–Kier alpha value is -1.75. The Kier molecular flexibility index (Phi) is 3.08. The lowest BCUT2D eigenvalue weighted by molar-refractivity contribution is -0.140. The summed E-state index contributed by atoms with van der Waals surface area (Å²) in [6.07, 6.45) is 6.69. The van der Waals surface area contributed by atoms with Crippen LogP contribution in [-0.2, 0) is 9.59 Å². The number of carbonyl (C=O) groups is 2. The summed E-state index contributed by atoms with van der Waals surface area (Å²) < 4.78 is 0.981. The molecule has 1 saturated carbocycles. The zero-order valence-corrected chi connectivity index (χ0v) is 13.7. The van der Waals surface area contributed by atoms with Gasteiger partial charge < -0.3 is 0 Å². The number of rotatable bonds is 2. The second-order valence-electron chi connectivity index (χ2n) is 6.24. The molecule has 2 fully saturated rings. The van der Waals surface area contributed by atoms with Gasteiger partial charge in [-0.2, -0.15) is 10.1 Å². The van der Waals surface area contributed by atoms with Gasteiger partial charge in [-0.05, 0) is 42.4 Å². The van der Waals surface area contributed by atoms with E-state index < -0.39 is 0 Å². The zero-order valence-electron chi connectivity index (χ0n) is 12.1. The fourth-order valence-corrected chi connectivity index (χ4v) is 4.21. The van der Waals surface area contributed by atoms with Crippen LogP contribution in [0.2, 0.25) is 0 Å². The average Bonchev–Trinajstić information content (AvgIpc) is 3.16. The highest BCUT2D eigenvalue weighted by Crippen LogP contribution is 2.52. The summed E-state index contributed by atoms with van der Waals surface area (Å²) in [6.45, 7) is 2.00. The van der Waals surface area contributed by atoms with Crippen molar-refractivity contribution in [2.75, 3.05) is 0 Å². The number of halogens is 1. The van der Waals surface area contributed by atoms with Gasteiger partial charge in [0.05, 0.1) is 18.1 Å². The summed E-state index contributed by atoms with van der Waals surface area (Å²) in [6, 6.07) is 5.81. The van der Waals surface area contributed by atoms with Gasteiger partial charge in [0.15, 0.2) is 0 Å². The van der Waals surface area contributed by atoms with Crippen LogP contribution in [0.5, 0.6) is 0 Å². The van der Waals surface area contributed by atoms with E-state index in [1.807, 2.05) is 25.1 Å². The molecule has 0 N–H and O–H groups in total. The molecule has 1 heterocycles. The molecule has 22 heavy (non-hydrogen) atoms. The summed E-state index contributed by atoms with van der Waals surface area (Å²) in [5, 5.41) is 5.24. The highest BCUT2D eigenvalue weighted by atomic mass is 79.9. The highest BCUT2D eigenvalue weighted by Gasteiger charge is 2.59. The maximum Gasteiger partial charge on any atom is 0.254 e. The molecule has 1 saturated heterocycles. The molecule has 112 valence electrons. The van der Waals surface area contributed by atoms with Crippen molar-refractivity contribution in [2.24, 2.45) is 28.8 Å². The number of hydrazone groups is 1. The molecule has 0 aromatic heterocycles. The molecule has 4 nitrogen and oxygen atoms in total. The van der Waals surface area contributed by atoms with E-state index in [2.05, 4.69) is 33.2 Å². The van der Waals surface area contributed by atoms with Crippen molar-refractivity contribution in [1.82, 2.24) is 5.01 Å². The van der Waals surface area contributed by atoms with Crippen molar-refractivity contribution in [3.63, 3.8) is 0 Å². The third kappa shape index (κ3) is 1.92. The Morgan fingerprint density at radius 3 is 2.41 bits per heavy atom. The minimum Gasteiger partial charge on any atom is -0.272 e. The first-order valence-electron chi connectivity index (χ1n) is 7.42. The van der Waals surface area contributed by atoms with Crippen LogP contribution in [0.25, 0.3) is 0 Å². The summed E-state index contributed by atoms with van der Waals surface area (Å²) in [7, 11) is 0. The van der Waals surface area contributed by atoms with Crippen LogP contribution in [-0.4, -0.2) is 23.0 Å². The van der Waals surface area contributed by atoms with Crippen LogP contribution >= 0.6 is 15.9 Å². The van der Waals surface area contributed by atoms with Gasteiger partial charge in [-0.25, -0.2) is 0 Å². The smallest absolute Gasteiger partial charge is 0.254 e. The molecular formula is C17H15BrN2O2. The van der Waals surface area contributed by atoms with Gasteiger partial charge in [0, 0.05) is 4.47 Å². The maximum atomic E-state index is 12.5. The fraction of sp³-hybridized carbons (Fsp3) is 0.353. The Balaban J connectivity index is 1.59. The van der Waals surface area contributed by atoms with Crippen LogP contribution in [0.1, 0.15) is 17.5 Å². The molecule has 4 rings (SSSR count). The van der Waals surface area contributed by atoms with Crippen LogP contribution in [0.15, 0.2) is 39.9 Å². The fourth-order valence-electron chi connectivity index (χ4n) is 3.81. The van der Waals surface area contributed by atoms with E-state index in [0.29, 0.717) is 0 Å². The number of nitrogens with zero attached hydrogens (tertiary/aromatic N) is 2. The van der Waals surface area contributed by atoms with E-state index in [0.717, 1.165) is 27.0 Å². The van der Waals surface area contributed by atoms with E-state index in [-0.39, 0.29) is 35.5 Å². The number of aryl methyl sites for hydroxylation is 1. The third-order valence-electron chi connectivity index (χ3n) is 4.97. The number of imide groups is 1. The van der Waals surface area contributed by atoms with Gasteiger partial charge in [-0.1, -0.05) is 40.2 Å². The molecule has 2 bridgehead atoms. The van der Waals surface area contributed by atoms with Gasteiger partial charge >= 0.3 is 0 Å². The molecule has 0 radical (unpaired) electrons. The molecule has 5 heteroatoms. The van der Waals surface area contributed by atoms with Crippen molar-refractivity contribution in [1.29, 1.82) is 0 Å². The molecular weight excluding hydrogens is 344 g/mol. The van der Waals surface area contributed by atoms with Gasteiger partial charge in [0.1, 0.15) is 0 Å². The van der Waals surface area contributed by atoms with E-state index in [1.54, 1.807) is 6.21 Å². The minimum atomic E-state index is -0.190. The summed E-state index contributed by atoms with van der Waals surface area (Å²) in [5.41, 5.74) is 1.99. The van der Waals surface area contributed by atoms with E-state index in [9.17, 15) is 9.59 Å². The Labute approximate surface area is 137 Å². The molecule has 4 atom stereocenters. The summed E-state index contributed by atoms with van der Waals surface area (Å²) in [4.78, 5) is 25.0. The van der Waals surface area contributed by atoms with Crippen LogP contribution in [0.4, 0.5) is 0 Å². The second kappa shape index (κ2) is 4.88. The van der Waals surface area contributed by atoms with Crippen LogP contribution < -0.4 is 0 Å². The molecule has 1 aromatic rings. The number of carbonyl (C=O) groups excluding carboxylic acids is 2. The number of allylic oxidation sites excluding steroid dienone is 2. The normalized spacial score (nSPS) is 32.5. The Morgan fingerprint density at radius 1 is 1.18 bits per heavy atom. The molecule has 4 unspecified atom stereocenters. The Bertz CT molecular complexity index is 710. The standard InChI is InChI=1S/C17H15BrN2O2/c1-9-2-3-10(6-13(9)18)8-19-20-16(21)14-11-4-5-12(7-11)15(14)17(20)22/h2-6,8,11-12,14-15H,7H2,1H3. The third-order valence-corrected chi connectivity index (χ3v) is 5.82. The lowest BCUT2D eigenvalue weighted by atomic mass is 9.85. The first-order valence-corrected chi connectivity index (χ1v) is 8.22. The molecule has 0 spiro atoms. The van der Waals surface area contributed by atoms with Gasteiger partial charge in [0.25, 0.3) is 11.8 Å². The van der Waals surface area contributed by atoms with Crippen molar-refractivity contribution < 1.29 is 9.59 Å². The summed E-state index contributed by atoms with van der Waals surface area (Å²) in [5.74, 6) is -0.224. The predicted molar refractivity (Wildman–Crippen MR) is 86.0 cm³/mol. The van der Waals surface area contributed by atoms with Crippen molar-refractivity contribution in [3.8, 4) is 0 Å². The zero-order chi connectivity index (χ0) is 15.4. The number of fused-ring (bicyclic) bond motifs is 5. The monoisotopic (exact) mass is 358 g/mol. The maximum absolute atomic E-state index is 12.5. The average molecular weight is 359 g/mol. The predicted octanol–water partition coefficient (Wildman–Crippen LogP) is 2.90. The van der Waals surface area contributed by atoms with E-state index in [4.69, 9.17) is 0 Å². The van der Waals surface area contributed by atoms with Crippen molar-refractivity contribution >= 4 is 34.0 Å². The number of benzene rings is 1. The Morgan fingerprint density at radius 2 is 1.82 bits per heavy atom. The SMILES string of the molecule is Cc1ccc(C=NN2C(=O)C3C4C=CC(C4)C3C2=O)cc1Br. The quantitative estimate of drug-likeness (QED) is 0.463. The topological polar surface area (TPSA) is 49.7 Å². The molecule has 3 aliphatic rings. The van der Waals surface area contributed by atoms with Crippen LogP contribution in [0, 0.1) is 30.6 Å². The first kappa shape index (κ1) is 13.9. The minimum absolute atomic E-state index is 0.144. The lowest BCUT2D eigenvalue weighted by Crippen LogP contribution is -2.28. The van der Waals surface area contributed by atoms with E-state index >= 15 is 0 Å². The molecule has 2 aliphatic carbocycles. The summed E-state index contributed by atoms with van der Waals surface area (Å²) >= 11 is 3.47. The van der Waals surface area contributed by atoms with Gasteiger partial charge in [0.2, 0.25) is 0 Å². The number of hydrogen-bond acceptors (Lipinski definition) is 3. The first-order chi connectivity index (χ1) is 10.6. The largest absolute Gasteiger partial charge is 0.272 e. The molecule has 1 aliphatic heterocycles.